The molecule has 0 aliphatic heterocycles. The summed E-state index contributed by atoms with van der Waals surface area (Å²) in [6, 6.07) is -0.0429. The van der Waals surface area contributed by atoms with Gasteiger partial charge in [0, 0.05) is 38.3 Å². The van der Waals surface area contributed by atoms with E-state index in [9.17, 15) is 14.7 Å². The summed E-state index contributed by atoms with van der Waals surface area (Å²) >= 11 is 0. The van der Waals surface area contributed by atoms with E-state index in [-0.39, 0.29) is 30.5 Å². The fourth-order valence-electron chi connectivity index (χ4n) is 3.76. The van der Waals surface area contributed by atoms with Crippen LogP contribution in [0.15, 0.2) is 24.3 Å². The van der Waals surface area contributed by atoms with Gasteiger partial charge in [0.05, 0.1) is 0 Å². The van der Waals surface area contributed by atoms with Crippen LogP contribution in [-0.2, 0) is 9.59 Å². The van der Waals surface area contributed by atoms with Gasteiger partial charge in [-0.3, -0.25) is 14.5 Å². The predicted molar refractivity (Wildman–Crippen MR) is 139 cm³/mol. The smallest absolute Gasteiger partial charge is 0.243 e. The standard InChI is InChI=1S/C27H51N3O3/c1-5-7-9-11-13-15-18-26(32)28-24(3)22-30(20-17-21-31)23-25(4)29-27(33)19-16-14-12-10-8-6-2/h15-16,18-19,24-25,31H,5-14,17,20-23H2,1-4H3,(H,28,32)(H,29,33)/b18-15+,19-16+. The van der Waals surface area contributed by atoms with E-state index in [1.54, 1.807) is 12.2 Å². The first kappa shape index (κ1) is 31.3. The van der Waals surface area contributed by atoms with Crippen LogP contribution in [-0.4, -0.2) is 60.1 Å². The van der Waals surface area contributed by atoms with Crippen molar-refractivity contribution in [3.63, 3.8) is 0 Å². The van der Waals surface area contributed by atoms with E-state index < -0.39 is 0 Å². The maximum absolute atomic E-state index is 12.2. The molecule has 0 radical (unpaired) electrons. The lowest BCUT2D eigenvalue weighted by molar-refractivity contribution is -0.117. The molecule has 0 aromatic heterocycles. The number of allylic oxidation sites excluding steroid dienone is 2. The SMILES string of the molecule is CCCCCC/C=C/C(=O)NC(C)CN(CCCO)CC(C)NC(=O)/C=C/CCCCCC. The van der Waals surface area contributed by atoms with Gasteiger partial charge in [0.2, 0.25) is 11.8 Å². The molecule has 0 aromatic carbocycles. The van der Waals surface area contributed by atoms with E-state index >= 15 is 0 Å². The second-order valence-corrected chi connectivity index (χ2v) is 9.16. The van der Waals surface area contributed by atoms with Crippen molar-refractivity contribution in [2.75, 3.05) is 26.2 Å². The summed E-state index contributed by atoms with van der Waals surface area (Å²) in [5.74, 6) is -0.129. The third kappa shape index (κ3) is 20.7. The minimum absolute atomic E-state index is 0.0214. The number of carbonyl (C=O) groups excluding carboxylic acids is 2. The lowest BCUT2D eigenvalue weighted by Gasteiger charge is -2.28. The molecule has 2 amide bonds. The Morgan fingerprint density at radius 1 is 0.758 bits per heavy atom. The predicted octanol–water partition coefficient (Wildman–Crippen LogP) is 4.73. The van der Waals surface area contributed by atoms with Gasteiger partial charge in [-0.15, -0.1) is 0 Å². The van der Waals surface area contributed by atoms with E-state index in [1.807, 2.05) is 26.0 Å². The Bertz CT molecular complexity index is 505. The minimum atomic E-state index is -0.0643. The number of hydrogen-bond donors (Lipinski definition) is 3. The van der Waals surface area contributed by atoms with Crippen LogP contribution < -0.4 is 10.6 Å². The molecule has 2 atom stereocenters. The van der Waals surface area contributed by atoms with Crippen molar-refractivity contribution in [3.05, 3.63) is 24.3 Å². The third-order valence-corrected chi connectivity index (χ3v) is 5.46. The topological polar surface area (TPSA) is 81.7 Å². The highest BCUT2D eigenvalue weighted by atomic mass is 16.3. The van der Waals surface area contributed by atoms with Crippen LogP contribution in [0.3, 0.4) is 0 Å². The van der Waals surface area contributed by atoms with Crippen LogP contribution >= 0.6 is 0 Å². The van der Waals surface area contributed by atoms with E-state index in [0.29, 0.717) is 19.5 Å². The van der Waals surface area contributed by atoms with E-state index in [4.69, 9.17) is 0 Å². The summed E-state index contributed by atoms with van der Waals surface area (Å²) in [6.07, 6.45) is 19.3. The number of unbranched alkanes of at least 4 members (excludes halogenated alkanes) is 8. The van der Waals surface area contributed by atoms with Crippen molar-refractivity contribution < 1.29 is 14.7 Å². The molecule has 0 fully saturated rings. The van der Waals surface area contributed by atoms with E-state index in [0.717, 1.165) is 32.2 Å². The van der Waals surface area contributed by atoms with E-state index in [2.05, 4.69) is 29.4 Å². The number of nitrogens with zero attached hydrogens (tertiary/aromatic N) is 1. The van der Waals surface area contributed by atoms with Gasteiger partial charge in [-0.2, -0.15) is 0 Å². The van der Waals surface area contributed by atoms with Crippen LogP contribution in [0.1, 0.15) is 98.3 Å². The molecule has 0 bridgehead atoms. The molecule has 0 heterocycles. The fourth-order valence-corrected chi connectivity index (χ4v) is 3.76. The Hall–Kier alpha value is -1.66. The maximum Gasteiger partial charge on any atom is 0.243 e. The third-order valence-electron chi connectivity index (χ3n) is 5.46. The Morgan fingerprint density at radius 2 is 1.21 bits per heavy atom. The number of hydrogen-bond acceptors (Lipinski definition) is 4. The highest BCUT2D eigenvalue weighted by molar-refractivity contribution is 5.88. The Kier molecular flexibility index (Phi) is 21.0. The number of amides is 2. The largest absolute Gasteiger partial charge is 0.396 e. The maximum atomic E-state index is 12.2. The van der Waals surface area contributed by atoms with Crippen molar-refractivity contribution >= 4 is 11.8 Å². The van der Waals surface area contributed by atoms with Crippen LogP contribution in [0, 0.1) is 0 Å². The Balaban J connectivity index is 4.39. The average molecular weight is 466 g/mol. The number of rotatable bonds is 21. The van der Waals surface area contributed by atoms with Gasteiger partial charge in [-0.25, -0.2) is 0 Å². The number of aliphatic hydroxyl groups is 1. The van der Waals surface area contributed by atoms with Gasteiger partial charge in [-0.1, -0.05) is 64.5 Å². The average Bonchev–Trinajstić information content (AvgIpc) is 2.76. The van der Waals surface area contributed by atoms with Gasteiger partial charge >= 0.3 is 0 Å². The van der Waals surface area contributed by atoms with Crippen LogP contribution in [0.4, 0.5) is 0 Å². The second kappa shape index (κ2) is 22.1. The van der Waals surface area contributed by atoms with Crippen molar-refractivity contribution in [2.45, 2.75) is 110 Å². The first-order valence-corrected chi connectivity index (χ1v) is 13.2. The lowest BCUT2D eigenvalue weighted by Crippen LogP contribution is -2.47. The zero-order valence-electron chi connectivity index (χ0n) is 21.8. The molecule has 192 valence electrons. The molecule has 6 nitrogen and oxygen atoms in total. The van der Waals surface area contributed by atoms with Crippen molar-refractivity contribution in [2.24, 2.45) is 0 Å². The summed E-state index contributed by atoms with van der Waals surface area (Å²) in [5.41, 5.74) is 0. The summed E-state index contributed by atoms with van der Waals surface area (Å²) in [6.45, 7) is 10.5. The molecule has 33 heavy (non-hydrogen) atoms. The molecular formula is C27H51N3O3. The molecule has 0 aliphatic carbocycles. The molecule has 2 unspecified atom stereocenters. The summed E-state index contributed by atoms with van der Waals surface area (Å²) in [5, 5.41) is 15.3. The highest BCUT2D eigenvalue weighted by Gasteiger charge is 2.15. The second-order valence-electron chi connectivity index (χ2n) is 9.16. The van der Waals surface area contributed by atoms with Crippen LogP contribution in [0.25, 0.3) is 0 Å². The zero-order valence-corrected chi connectivity index (χ0v) is 21.8. The lowest BCUT2D eigenvalue weighted by atomic mass is 10.1. The molecule has 0 aromatic rings. The first-order valence-electron chi connectivity index (χ1n) is 13.2. The molecule has 0 spiro atoms. The minimum Gasteiger partial charge on any atom is -0.396 e. The molecule has 0 aliphatic rings. The van der Waals surface area contributed by atoms with Crippen molar-refractivity contribution in [1.29, 1.82) is 0 Å². The van der Waals surface area contributed by atoms with Gasteiger partial charge in [-0.05, 0) is 58.1 Å². The summed E-state index contributed by atoms with van der Waals surface area (Å²) < 4.78 is 0. The molecule has 0 saturated heterocycles. The van der Waals surface area contributed by atoms with E-state index in [1.165, 1.54) is 38.5 Å². The highest BCUT2D eigenvalue weighted by Crippen LogP contribution is 2.04. The number of carbonyl (C=O) groups is 2. The quantitative estimate of drug-likeness (QED) is 0.169. The molecule has 3 N–H and O–H groups in total. The zero-order chi connectivity index (χ0) is 24.7. The van der Waals surface area contributed by atoms with Crippen LogP contribution in [0.2, 0.25) is 0 Å². The van der Waals surface area contributed by atoms with Crippen LogP contribution in [0.5, 0.6) is 0 Å². The normalized spacial score (nSPS) is 13.6. The monoisotopic (exact) mass is 465 g/mol. The Labute approximate surface area is 203 Å². The molecule has 6 heteroatoms. The first-order chi connectivity index (χ1) is 15.9. The Morgan fingerprint density at radius 3 is 1.61 bits per heavy atom. The fraction of sp³-hybridized carbons (Fsp3) is 0.778. The number of aliphatic hydroxyl groups excluding tert-OH is 1. The van der Waals surface area contributed by atoms with Gasteiger partial charge in [0.25, 0.3) is 0 Å². The van der Waals surface area contributed by atoms with Crippen molar-refractivity contribution in [3.8, 4) is 0 Å². The molecular weight excluding hydrogens is 414 g/mol. The summed E-state index contributed by atoms with van der Waals surface area (Å²) in [4.78, 5) is 26.5. The van der Waals surface area contributed by atoms with Crippen molar-refractivity contribution in [1.82, 2.24) is 15.5 Å². The molecule has 0 saturated carbocycles. The molecule has 0 rings (SSSR count). The van der Waals surface area contributed by atoms with Gasteiger partial charge < -0.3 is 15.7 Å². The van der Waals surface area contributed by atoms with Gasteiger partial charge in [0.1, 0.15) is 0 Å². The summed E-state index contributed by atoms with van der Waals surface area (Å²) in [7, 11) is 0. The number of nitrogens with one attached hydrogen (secondary N) is 2. The van der Waals surface area contributed by atoms with Gasteiger partial charge in [0.15, 0.2) is 0 Å².